The van der Waals surface area contributed by atoms with Crippen LogP contribution in [0.3, 0.4) is 0 Å². The highest BCUT2D eigenvalue weighted by Gasteiger charge is 2.16. The number of carbonyl (C=O) groups is 1. The Morgan fingerprint density at radius 1 is 1.04 bits per heavy atom. The Labute approximate surface area is 147 Å². The number of halogens is 1. The van der Waals surface area contributed by atoms with Crippen molar-refractivity contribution in [1.29, 1.82) is 0 Å². The van der Waals surface area contributed by atoms with Crippen molar-refractivity contribution in [2.75, 3.05) is 6.26 Å². The largest absolute Gasteiger partial charge is 0.477 e. The Kier molecular flexibility index (Phi) is 4.72. The van der Waals surface area contributed by atoms with Crippen molar-refractivity contribution in [2.24, 2.45) is 0 Å². The Morgan fingerprint density at radius 3 is 2.20 bits per heavy atom. The third-order valence-electron chi connectivity index (χ3n) is 3.81. The standard InChI is InChI=1S/C19H14FNO3S/c1-25-14-8-4-12(5-9-14)17-15(11-2-6-13(20)7-3-11)10-16(19(23)24)18(22)21-17/h2-10H,1H3,(H,21,22)(H,23,24). The van der Waals surface area contributed by atoms with Crippen LogP contribution in [0.25, 0.3) is 22.4 Å². The van der Waals surface area contributed by atoms with Gasteiger partial charge in [0.15, 0.2) is 0 Å². The lowest BCUT2D eigenvalue weighted by atomic mass is 9.98. The highest BCUT2D eigenvalue weighted by atomic mass is 32.2. The fourth-order valence-corrected chi connectivity index (χ4v) is 2.94. The molecule has 0 amide bonds. The lowest BCUT2D eigenvalue weighted by Gasteiger charge is -2.12. The molecule has 3 aromatic rings. The zero-order chi connectivity index (χ0) is 18.0. The summed E-state index contributed by atoms with van der Waals surface area (Å²) >= 11 is 1.59. The number of aromatic carboxylic acids is 1. The monoisotopic (exact) mass is 355 g/mol. The van der Waals surface area contributed by atoms with Crippen molar-refractivity contribution < 1.29 is 14.3 Å². The third kappa shape index (κ3) is 3.49. The minimum atomic E-state index is -1.31. The van der Waals surface area contributed by atoms with Gasteiger partial charge < -0.3 is 10.1 Å². The van der Waals surface area contributed by atoms with Gasteiger partial charge in [0, 0.05) is 10.5 Å². The molecule has 0 fully saturated rings. The van der Waals surface area contributed by atoms with E-state index in [9.17, 15) is 19.1 Å². The first-order valence-electron chi connectivity index (χ1n) is 7.40. The summed E-state index contributed by atoms with van der Waals surface area (Å²) in [6.07, 6.45) is 1.96. The Hall–Kier alpha value is -2.86. The minimum absolute atomic E-state index is 0.358. The van der Waals surface area contributed by atoms with Gasteiger partial charge in [-0.3, -0.25) is 4.79 Å². The molecule has 0 atom stereocenters. The van der Waals surface area contributed by atoms with Crippen LogP contribution in [0.1, 0.15) is 10.4 Å². The van der Waals surface area contributed by atoms with Crippen LogP contribution in [-0.4, -0.2) is 22.3 Å². The normalized spacial score (nSPS) is 10.6. The quantitative estimate of drug-likeness (QED) is 0.686. The van der Waals surface area contributed by atoms with Crippen LogP contribution in [0.4, 0.5) is 4.39 Å². The smallest absolute Gasteiger partial charge is 0.341 e. The topological polar surface area (TPSA) is 70.2 Å². The van der Waals surface area contributed by atoms with E-state index in [1.54, 1.807) is 23.9 Å². The molecule has 0 unspecified atom stereocenters. The van der Waals surface area contributed by atoms with Crippen LogP contribution in [0.15, 0.2) is 64.3 Å². The van der Waals surface area contributed by atoms with E-state index in [2.05, 4.69) is 4.98 Å². The predicted molar refractivity (Wildman–Crippen MR) is 96.6 cm³/mol. The lowest BCUT2D eigenvalue weighted by Crippen LogP contribution is -2.18. The molecule has 4 nitrogen and oxygen atoms in total. The Morgan fingerprint density at radius 2 is 1.64 bits per heavy atom. The molecular weight excluding hydrogens is 341 g/mol. The van der Waals surface area contributed by atoms with Crippen molar-refractivity contribution in [3.63, 3.8) is 0 Å². The number of aromatic nitrogens is 1. The molecule has 126 valence electrons. The van der Waals surface area contributed by atoms with Crippen molar-refractivity contribution in [2.45, 2.75) is 4.90 Å². The number of thioether (sulfide) groups is 1. The van der Waals surface area contributed by atoms with Gasteiger partial charge in [-0.05, 0) is 47.7 Å². The zero-order valence-electron chi connectivity index (χ0n) is 13.2. The average molecular weight is 355 g/mol. The van der Waals surface area contributed by atoms with Gasteiger partial charge in [0.2, 0.25) is 0 Å². The van der Waals surface area contributed by atoms with Gasteiger partial charge in [0.1, 0.15) is 11.4 Å². The number of nitrogens with one attached hydrogen (secondary N) is 1. The van der Waals surface area contributed by atoms with Gasteiger partial charge in [-0.15, -0.1) is 11.8 Å². The molecule has 0 bridgehead atoms. The molecule has 0 spiro atoms. The fourth-order valence-electron chi connectivity index (χ4n) is 2.53. The molecule has 0 aliphatic rings. The zero-order valence-corrected chi connectivity index (χ0v) is 14.1. The van der Waals surface area contributed by atoms with Crippen LogP contribution in [0.5, 0.6) is 0 Å². The van der Waals surface area contributed by atoms with Gasteiger partial charge in [0.25, 0.3) is 5.56 Å². The first-order chi connectivity index (χ1) is 12.0. The molecule has 0 saturated carbocycles. The maximum absolute atomic E-state index is 13.2. The summed E-state index contributed by atoms with van der Waals surface area (Å²) in [6, 6.07) is 14.5. The van der Waals surface area contributed by atoms with Crippen molar-refractivity contribution in [1.82, 2.24) is 4.98 Å². The highest BCUT2D eigenvalue weighted by molar-refractivity contribution is 7.98. The second-order valence-corrected chi connectivity index (χ2v) is 6.22. The molecule has 0 aliphatic carbocycles. The van der Waals surface area contributed by atoms with Crippen LogP contribution in [0.2, 0.25) is 0 Å². The molecule has 1 aromatic heterocycles. The molecule has 3 rings (SSSR count). The average Bonchev–Trinajstić information content (AvgIpc) is 2.62. The first kappa shape index (κ1) is 17.0. The van der Waals surface area contributed by atoms with E-state index >= 15 is 0 Å². The van der Waals surface area contributed by atoms with Gasteiger partial charge in [-0.1, -0.05) is 24.3 Å². The van der Waals surface area contributed by atoms with Crippen LogP contribution >= 0.6 is 11.8 Å². The summed E-state index contributed by atoms with van der Waals surface area (Å²) < 4.78 is 13.2. The number of carboxylic acid groups (broad SMARTS) is 1. The Balaban J connectivity index is 2.25. The highest BCUT2D eigenvalue weighted by Crippen LogP contribution is 2.31. The number of pyridine rings is 1. The summed E-state index contributed by atoms with van der Waals surface area (Å²) in [7, 11) is 0. The lowest BCUT2D eigenvalue weighted by molar-refractivity contribution is 0.0695. The van der Waals surface area contributed by atoms with Crippen LogP contribution in [-0.2, 0) is 0 Å². The summed E-state index contributed by atoms with van der Waals surface area (Å²) in [5, 5.41) is 9.23. The summed E-state index contributed by atoms with van der Waals surface area (Å²) in [5.41, 5.74) is 1.34. The van der Waals surface area contributed by atoms with Crippen molar-refractivity contribution in [3.05, 3.63) is 76.3 Å². The van der Waals surface area contributed by atoms with Crippen LogP contribution in [0, 0.1) is 5.82 Å². The molecular formula is C19H14FNO3S. The number of hydrogen-bond acceptors (Lipinski definition) is 3. The second-order valence-electron chi connectivity index (χ2n) is 5.34. The number of rotatable bonds is 4. The predicted octanol–water partition coefficient (Wildman–Crippen LogP) is 4.27. The molecule has 25 heavy (non-hydrogen) atoms. The van der Waals surface area contributed by atoms with Gasteiger partial charge in [-0.2, -0.15) is 0 Å². The van der Waals surface area contributed by atoms with E-state index in [1.165, 1.54) is 18.2 Å². The van der Waals surface area contributed by atoms with E-state index in [0.717, 1.165) is 10.5 Å². The van der Waals surface area contributed by atoms with Gasteiger partial charge in [0.05, 0.1) is 5.69 Å². The van der Waals surface area contributed by atoms with Crippen LogP contribution < -0.4 is 5.56 Å². The van der Waals surface area contributed by atoms with E-state index in [0.29, 0.717) is 16.8 Å². The minimum Gasteiger partial charge on any atom is -0.477 e. The fraction of sp³-hybridized carbons (Fsp3) is 0.0526. The number of H-pyrrole nitrogens is 1. The third-order valence-corrected chi connectivity index (χ3v) is 4.55. The first-order valence-corrected chi connectivity index (χ1v) is 8.63. The van der Waals surface area contributed by atoms with Gasteiger partial charge in [-0.25, -0.2) is 9.18 Å². The SMILES string of the molecule is CSc1ccc(-c2[nH]c(=O)c(C(=O)O)cc2-c2ccc(F)cc2)cc1. The van der Waals surface area contributed by atoms with E-state index in [4.69, 9.17) is 0 Å². The summed E-state index contributed by atoms with van der Waals surface area (Å²) in [4.78, 5) is 27.1. The van der Waals surface area contributed by atoms with E-state index in [-0.39, 0.29) is 5.56 Å². The number of hydrogen-bond donors (Lipinski definition) is 2. The molecule has 2 aromatic carbocycles. The number of carboxylic acids is 1. The second kappa shape index (κ2) is 6.94. The van der Waals surface area contributed by atoms with Gasteiger partial charge >= 0.3 is 5.97 Å². The molecule has 6 heteroatoms. The van der Waals surface area contributed by atoms with E-state index < -0.39 is 17.3 Å². The number of benzene rings is 2. The molecule has 0 saturated heterocycles. The summed E-state index contributed by atoms with van der Waals surface area (Å²) in [5.74, 6) is -1.70. The Bertz CT molecular complexity index is 979. The maximum atomic E-state index is 13.2. The van der Waals surface area contributed by atoms with Crippen molar-refractivity contribution in [3.8, 4) is 22.4 Å². The maximum Gasteiger partial charge on any atom is 0.341 e. The summed E-state index contributed by atoms with van der Waals surface area (Å²) in [6.45, 7) is 0. The molecule has 1 heterocycles. The van der Waals surface area contributed by atoms with Crippen molar-refractivity contribution >= 4 is 17.7 Å². The molecule has 0 radical (unpaired) electrons. The molecule has 0 aliphatic heterocycles. The van der Waals surface area contributed by atoms with E-state index in [1.807, 2.05) is 30.5 Å². The number of aromatic amines is 1. The molecule has 2 N–H and O–H groups in total.